The first-order valence-electron chi connectivity index (χ1n) is 1.81. The van der Waals surface area contributed by atoms with Gasteiger partial charge in [0.2, 0.25) is 6.30 Å². The average molecular weight is 182 g/mol. The first-order valence-corrected chi connectivity index (χ1v) is 3.66. The van der Waals surface area contributed by atoms with E-state index in [0.717, 1.165) is 0 Å². The van der Waals surface area contributed by atoms with Crippen LogP contribution in [0.15, 0.2) is 4.36 Å². The molecule has 0 aromatic rings. The summed E-state index contributed by atoms with van der Waals surface area (Å²) in [7, 11) is -5.32. The second-order valence-corrected chi connectivity index (χ2v) is 2.40. The average Bonchev–Trinajstić information content (AvgIpc) is 1.62. The van der Waals surface area contributed by atoms with Gasteiger partial charge in [0.15, 0.2) is 0 Å². The zero-order chi connectivity index (χ0) is 7.49. The third-order valence-corrected chi connectivity index (χ3v) is 1.09. The van der Waals surface area contributed by atoms with E-state index >= 15 is 0 Å². The van der Waals surface area contributed by atoms with Gasteiger partial charge in [0.05, 0.1) is 5.88 Å². The monoisotopic (exact) mass is 181 g/mol. The van der Waals surface area contributed by atoms with Crippen LogP contribution in [0.5, 0.6) is 0 Å². The van der Waals surface area contributed by atoms with Crippen LogP contribution in [0.4, 0.5) is 12.2 Å². The summed E-state index contributed by atoms with van der Waals surface area (Å²) in [5.41, 5.74) is 0. The number of halogens is 4. The molecule has 0 aromatic heterocycles. The third kappa shape index (κ3) is 5.91. The van der Waals surface area contributed by atoms with E-state index in [0.29, 0.717) is 0 Å². The minimum atomic E-state index is -5.32. The summed E-state index contributed by atoms with van der Waals surface area (Å²) in [4.78, 5) is 0. The Morgan fingerprint density at radius 1 is 1.67 bits per heavy atom. The molecule has 0 rings (SSSR count). The van der Waals surface area contributed by atoms with Gasteiger partial charge in [-0.15, -0.1) is 16.0 Å². The molecule has 0 aliphatic rings. The molecular formula is C2H3ClF3NOS. The van der Waals surface area contributed by atoms with Crippen molar-refractivity contribution in [2.24, 2.45) is 4.36 Å². The van der Waals surface area contributed by atoms with Gasteiger partial charge in [0.1, 0.15) is 0 Å². The summed E-state index contributed by atoms with van der Waals surface area (Å²) < 4.78 is 45.4. The van der Waals surface area contributed by atoms with E-state index in [9.17, 15) is 16.4 Å². The van der Waals surface area contributed by atoms with E-state index in [1.807, 2.05) is 4.36 Å². The lowest BCUT2D eigenvalue weighted by atomic mass is 10.8. The van der Waals surface area contributed by atoms with Crippen molar-refractivity contribution in [1.29, 1.82) is 0 Å². The summed E-state index contributed by atoms with van der Waals surface area (Å²) in [6.07, 6.45) is -2.24. The van der Waals surface area contributed by atoms with Crippen molar-refractivity contribution >= 4 is 22.1 Å². The predicted molar refractivity (Wildman–Crippen MR) is 28.4 cm³/mol. The van der Waals surface area contributed by atoms with Gasteiger partial charge in [0.25, 0.3) is 0 Å². The summed E-state index contributed by atoms with van der Waals surface area (Å²) in [5.74, 6) is -0.704. The van der Waals surface area contributed by atoms with Crippen LogP contribution in [0, 0.1) is 0 Å². The minimum Gasteiger partial charge on any atom is -0.220 e. The van der Waals surface area contributed by atoms with E-state index in [1.165, 1.54) is 0 Å². The zero-order valence-corrected chi connectivity index (χ0v) is 5.63. The molecule has 0 bridgehead atoms. The molecule has 0 fully saturated rings. The lowest BCUT2D eigenvalue weighted by Crippen LogP contribution is -1.98. The Balaban J connectivity index is 4.14. The molecule has 2 nitrogen and oxygen atoms in total. The molecular weight excluding hydrogens is 179 g/mol. The molecule has 0 aliphatic heterocycles. The normalized spacial score (nSPS) is 15.1. The minimum absolute atomic E-state index is 0.704. The highest BCUT2D eigenvalue weighted by Crippen LogP contribution is 2.05. The highest BCUT2D eigenvalue weighted by atomic mass is 35.5. The Kier molecular flexibility index (Phi) is 3.27. The van der Waals surface area contributed by atoms with Crippen LogP contribution in [-0.4, -0.2) is 16.4 Å². The van der Waals surface area contributed by atoms with Crippen LogP contribution in [0.2, 0.25) is 0 Å². The first-order chi connectivity index (χ1) is 3.95. The van der Waals surface area contributed by atoms with E-state index in [1.54, 1.807) is 0 Å². The summed E-state index contributed by atoms with van der Waals surface area (Å²) >= 11 is 4.73. The molecule has 1 unspecified atom stereocenters. The zero-order valence-electron chi connectivity index (χ0n) is 4.06. The van der Waals surface area contributed by atoms with Crippen molar-refractivity contribution in [3.05, 3.63) is 0 Å². The smallest absolute Gasteiger partial charge is 0.220 e. The maximum atomic E-state index is 11.7. The van der Waals surface area contributed by atoms with Crippen LogP contribution in [0.25, 0.3) is 0 Å². The fraction of sp³-hybridized carbons (Fsp3) is 1.00. The van der Waals surface area contributed by atoms with Gasteiger partial charge < -0.3 is 0 Å². The van der Waals surface area contributed by atoms with Gasteiger partial charge in [-0.3, -0.25) is 0 Å². The van der Waals surface area contributed by atoms with E-state index in [-0.39, 0.29) is 0 Å². The molecule has 0 radical (unpaired) electrons. The molecule has 1 atom stereocenters. The van der Waals surface area contributed by atoms with Gasteiger partial charge >= 0.3 is 10.5 Å². The molecule has 0 aliphatic carbocycles. The first kappa shape index (κ1) is 9.03. The largest absolute Gasteiger partial charge is 0.369 e. The second kappa shape index (κ2) is 3.26. The molecule has 0 N–H and O–H groups in total. The number of hydrogen-bond donors (Lipinski definition) is 0. The highest BCUT2D eigenvalue weighted by molar-refractivity contribution is 7.83. The molecule has 0 saturated carbocycles. The molecule has 0 aromatic carbocycles. The van der Waals surface area contributed by atoms with Gasteiger partial charge in [-0.05, 0) is 0 Å². The van der Waals surface area contributed by atoms with Crippen LogP contribution >= 0.6 is 11.6 Å². The van der Waals surface area contributed by atoms with Gasteiger partial charge in [0, 0.05) is 0 Å². The van der Waals surface area contributed by atoms with Gasteiger partial charge in [-0.25, -0.2) is 4.39 Å². The summed E-state index contributed by atoms with van der Waals surface area (Å²) in [6.45, 7) is 0. The Hall–Kier alpha value is 0.0300. The van der Waals surface area contributed by atoms with E-state index in [4.69, 9.17) is 11.6 Å². The fourth-order valence-electron chi connectivity index (χ4n) is 0.161. The van der Waals surface area contributed by atoms with Crippen molar-refractivity contribution in [3.63, 3.8) is 0 Å². The molecule has 0 spiro atoms. The van der Waals surface area contributed by atoms with Crippen molar-refractivity contribution in [1.82, 2.24) is 0 Å². The molecule has 0 amide bonds. The maximum Gasteiger partial charge on any atom is 0.369 e. The van der Waals surface area contributed by atoms with Gasteiger partial charge in [-0.1, -0.05) is 7.77 Å². The fourth-order valence-corrected chi connectivity index (χ4v) is 0.653. The third-order valence-electron chi connectivity index (χ3n) is 0.364. The van der Waals surface area contributed by atoms with Crippen LogP contribution in [-0.2, 0) is 10.5 Å². The Morgan fingerprint density at radius 3 is 2.22 bits per heavy atom. The molecule has 56 valence electrons. The standard InChI is InChI=1S/C2H3ClF3NOS/c3-1-2(4)7-9(5,6)8/h2H,1H2. The summed E-state index contributed by atoms with van der Waals surface area (Å²) in [5, 5.41) is 0. The Labute approximate surface area is 55.8 Å². The van der Waals surface area contributed by atoms with Crippen LogP contribution in [0.1, 0.15) is 0 Å². The topological polar surface area (TPSA) is 29.4 Å². The van der Waals surface area contributed by atoms with Crippen LogP contribution < -0.4 is 0 Å². The Morgan fingerprint density at radius 2 is 2.11 bits per heavy atom. The number of alkyl halides is 2. The maximum absolute atomic E-state index is 11.7. The molecule has 0 saturated heterocycles. The molecule has 9 heavy (non-hydrogen) atoms. The number of rotatable bonds is 2. The van der Waals surface area contributed by atoms with Crippen molar-refractivity contribution in [2.45, 2.75) is 6.30 Å². The Bertz CT molecular complexity index is 180. The van der Waals surface area contributed by atoms with Gasteiger partial charge in [-0.2, -0.15) is 4.21 Å². The molecule has 7 heteroatoms. The predicted octanol–water partition coefficient (Wildman–Crippen LogP) is 1.76. The SMILES string of the molecule is O=S(F)(F)=NC(F)CCl. The van der Waals surface area contributed by atoms with Crippen LogP contribution in [0.3, 0.4) is 0 Å². The van der Waals surface area contributed by atoms with Crippen molar-refractivity contribution in [3.8, 4) is 0 Å². The lowest BCUT2D eigenvalue weighted by Gasteiger charge is -1.91. The lowest BCUT2D eigenvalue weighted by molar-refractivity contribution is 0.378. The van der Waals surface area contributed by atoms with Crippen molar-refractivity contribution < 1.29 is 16.4 Å². The van der Waals surface area contributed by atoms with E-state index in [2.05, 4.69) is 0 Å². The quantitative estimate of drug-likeness (QED) is 0.363. The molecule has 0 heterocycles. The van der Waals surface area contributed by atoms with E-state index < -0.39 is 22.7 Å². The highest BCUT2D eigenvalue weighted by Gasteiger charge is 2.07. The van der Waals surface area contributed by atoms with Crippen molar-refractivity contribution in [2.75, 3.05) is 5.88 Å². The second-order valence-electron chi connectivity index (χ2n) is 1.09. The number of nitrogens with zero attached hydrogens (tertiary/aromatic N) is 1. The number of hydrogen-bond acceptors (Lipinski definition) is 2. The summed E-state index contributed by atoms with van der Waals surface area (Å²) in [6, 6.07) is 0.